The first-order chi connectivity index (χ1) is 10.5. The number of nitrogens with zero attached hydrogens (tertiary/aromatic N) is 2. The largest absolute Gasteiger partial charge is 0.416 e. The first-order valence-corrected chi connectivity index (χ1v) is 6.97. The fourth-order valence-corrected chi connectivity index (χ4v) is 2.02. The summed E-state index contributed by atoms with van der Waals surface area (Å²) in [5.74, 6) is 0. The Kier molecular flexibility index (Phi) is 5.57. The molecule has 0 spiro atoms. The van der Waals surface area contributed by atoms with Gasteiger partial charge in [-0.1, -0.05) is 6.07 Å². The number of halogens is 3. The van der Waals surface area contributed by atoms with E-state index >= 15 is 0 Å². The van der Waals surface area contributed by atoms with E-state index < -0.39 is 18.0 Å². The summed E-state index contributed by atoms with van der Waals surface area (Å²) in [4.78, 5) is 5.36. The monoisotopic (exact) mass is 313 g/mol. The summed E-state index contributed by atoms with van der Waals surface area (Å²) in [7, 11) is 0. The van der Waals surface area contributed by atoms with Crippen LogP contribution in [0.15, 0.2) is 41.5 Å². The van der Waals surface area contributed by atoms with E-state index in [0.29, 0.717) is 5.69 Å². The number of aliphatic imine (C=N–C) groups is 1. The summed E-state index contributed by atoms with van der Waals surface area (Å²) in [6.07, 6.45) is 2.22. The van der Waals surface area contributed by atoms with Crippen molar-refractivity contribution in [2.75, 3.05) is 18.1 Å². The highest BCUT2D eigenvalue weighted by molar-refractivity contribution is 5.74. The average molecular weight is 313 g/mol. The van der Waals surface area contributed by atoms with Crippen LogP contribution in [0.3, 0.4) is 0 Å². The van der Waals surface area contributed by atoms with Crippen molar-refractivity contribution in [1.82, 2.24) is 0 Å². The Morgan fingerprint density at radius 3 is 2.50 bits per heavy atom. The van der Waals surface area contributed by atoms with E-state index in [0.717, 1.165) is 25.3 Å². The molecule has 1 unspecified atom stereocenters. The van der Waals surface area contributed by atoms with E-state index in [1.54, 1.807) is 18.3 Å². The Morgan fingerprint density at radius 1 is 1.23 bits per heavy atom. The smallest absolute Gasteiger partial charge is 0.381 e. The second kappa shape index (κ2) is 7.42. The molecule has 0 amide bonds. The number of rotatable bonds is 1. The van der Waals surface area contributed by atoms with Crippen molar-refractivity contribution in [1.29, 1.82) is 0 Å². The maximum atomic E-state index is 12.5. The lowest BCUT2D eigenvalue weighted by molar-refractivity contribution is -0.137. The molecular formula is C15H18F3N3O. The van der Waals surface area contributed by atoms with Gasteiger partial charge in [-0.3, -0.25) is 10.7 Å². The van der Waals surface area contributed by atoms with E-state index in [-0.39, 0.29) is 0 Å². The SMILES string of the molecule is C1CCOC1.NC1N=CC=CN1c1cccc(C(F)(F)F)c1. The highest BCUT2D eigenvalue weighted by Crippen LogP contribution is 2.32. The molecule has 0 saturated carbocycles. The third kappa shape index (κ3) is 4.57. The third-order valence-electron chi connectivity index (χ3n) is 3.16. The lowest BCUT2D eigenvalue weighted by Crippen LogP contribution is -2.38. The molecule has 22 heavy (non-hydrogen) atoms. The van der Waals surface area contributed by atoms with Gasteiger partial charge >= 0.3 is 6.18 Å². The van der Waals surface area contributed by atoms with E-state index in [2.05, 4.69) is 4.99 Å². The minimum absolute atomic E-state index is 0.362. The Labute approximate surface area is 127 Å². The van der Waals surface area contributed by atoms with Crippen molar-refractivity contribution in [3.05, 3.63) is 42.1 Å². The molecule has 3 rings (SSSR count). The van der Waals surface area contributed by atoms with Crippen LogP contribution in [-0.2, 0) is 10.9 Å². The van der Waals surface area contributed by atoms with Crippen molar-refractivity contribution < 1.29 is 17.9 Å². The van der Waals surface area contributed by atoms with Crippen LogP contribution in [0, 0.1) is 0 Å². The lowest BCUT2D eigenvalue weighted by atomic mass is 10.2. The maximum absolute atomic E-state index is 12.5. The molecule has 2 aliphatic rings. The number of anilines is 1. The molecule has 1 fully saturated rings. The fourth-order valence-electron chi connectivity index (χ4n) is 2.02. The van der Waals surface area contributed by atoms with Gasteiger partial charge in [0.05, 0.1) is 5.56 Å². The second-order valence-electron chi connectivity index (χ2n) is 4.83. The Hall–Kier alpha value is -1.86. The van der Waals surface area contributed by atoms with E-state index in [1.807, 2.05) is 0 Å². The van der Waals surface area contributed by atoms with Crippen molar-refractivity contribution in [3.63, 3.8) is 0 Å². The zero-order chi connectivity index (χ0) is 16.0. The number of allylic oxidation sites excluding steroid dienone is 1. The van der Waals surface area contributed by atoms with E-state index in [9.17, 15) is 13.2 Å². The molecule has 2 N–H and O–H groups in total. The lowest BCUT2D eigenvalue weighted by Gasteiger charge is -2.26. The molecule has 1 aromatic carbocycles. The molecule has 2 aliphatic heterocycles. The summed E-state index contributed by atoms with van der Waals surface area (Å²) in [6, 6.07) is 4.97. The zero-order valence-electron chi connectivity index (χ0n) is 12.0. The average Bonchev–Trinajstić information content (AvgIpc) is 3.06. The minimum atomic E-state index is -4.36. The predicted octanol–water partition coefficient (Wildman–Crippen LogP) is 3.15. The van der Waals surface area contributed by atoms with Crippen molar-refractivity contribution in [2.45, 2.75) is 25.3 Å². The van der Waals surface area contributed by atoms with Crippen molar-refractivity contribution in [3.8, 4) is 0 Å². The van der Waals surface area contributed by atoms with Gasteiger partial charge in [0.15, 0.2) is 6.29 Å². The zero-order valence-corrected chi connectivity index (χ0v) is 12.0. The molecule has 0 aliphatic carbocycles. The molecule has 120 valence electrons. The van der Waals surface area contributed by atoms with Gasteiger partial charge in [0.1, 0.15) is 0 Å². The summed E-state index contributed by atoms with van der Waals surface area (Å²) < 4.78 is 42.5. The van der Waals surface area contributed by atoms with Crippen molar-refractivity contribution >= 4 is 11.9 Å². The normalized spacial score (nSPS) is 20.7. The molecular weight excluding hydrogens is 295 g/mol. The number of hydrogen-bond donors (Lipinski definition) is 1. The topological polar surface area (TPSA) is 50.9 Å². The maximum Gasteiger partial charge on any atom is 0.416 e. The Balaban J connectivity index is 0.000000299. The highest BCUT2D eigenvalue weighted by Gasteiger charge is 2.31. The first-order valence-electron chi connectivity index (χ1n) is 6.97. The van der Waals surface area contributed by atoms with Gasteiger partial charge in [0.25, 0.3) is 0 Å². The van der Waals surface area contributed by atoms with Crippen LogP contribution in [0.4, 0.5) is 18.9 Å². The molecule has 1 atom stereocenters. The Morgan fingerprint density at radius 2 is 1.95 bits per heavy atom. The second-order valence-corrected chi connectivity index (χ2v) is 4.83. The van der Waals surface area contributed by atoms with Crippen LogP contribution in [0.1, 0.15) is 18.4 Å². The molecule has 2 heterocycles. The van der Waals surface area contributed by atoms with E-state index in [4.69, 9.17) is 10.5 Å². The minimum Gasteiger partial charge on any atom is -0.381 e. The van der Waals surface area contributed by atoms with Gasteiger partial charge < -0.3 is 9.64 Å². The number of alkyl halides is 3. The summed E-state index contributed by atoms with van der Waals surface area (Å²) in [5, 5.41) is 0. The summed E-state index contributed by atoms with van der Waals surface area (Å²) in [6.45, 7) is 2.00. The molecule has 0 aromatic heterocycles. The molecule has 1 aromatic rings. The Bertz CT molecular complexity index is 531. The molecule has 4 nitrogen and oxygen atoms in total. The standard InChI is InChI=1S/C11H10F3N3.C4H8O/c12-11(13,14)8-3-1-4-9(7-8)17-6-2-5-16-10(17)15;1-2-4-5-3-1/h1-7,10H,15H2;1-4H2. The van der Waals surface area contributed by atoms with Gasteiger partial charge in [-0.15, -0.1) is 0 Å². The first kappa shape index (κ1) is 16.5. The van der Waals surface area contributed by atoms with Gasteiger partial charge in [0, 0.05) is 31.3 Å². The van der Waals surface area contributed by atoms with Crippen molar-refractivity contribution in [2.24, 2.45) is 10.7 Å². The van der Waals surface area contributed by atoms with Crippen LogP contribution in [-0.4, -0.2) is 25.7 Å². The van der Waals surface area contributed by atoms with Crippen LogP contribution in [0.5, 0.6) is 0 Å². The predicted molar refractivity (Wildman–Crippen MR) is 79.6 cm³/mol. The van der Waals surface area contributed by atoms with Gasteiger partial charge in [-0.05, 0) is 37.1 Å². The van der Waals surface area contributed by atoms with Crippen LogP contribution in [0.25, 0.3) is 0 Å². The molecule has 0 radical (unpaired) electrons. The van der Waals surface area contributed by atoms with Gasteiger partial charge in [0.2, 0.25) is 0 Å². The molecule has 1 saturated heterocycles. The van der Waals surface area contributed by atoms with Gasteiger partial charge in [-0.2, -0.15) is 13.2 Å². The summed E-state index contributed by atoms with van der Waals surface area (Å²) in [5.41, 5.74) is 5.32. The third-order valence-corrected chi connectivity index (χ3v) is 3.16. The van der Waals surface area contributed by atoms with Crippen LogP contribution in [0.2, 0.25) is 0 Å². The fraction of sp³-hybridized carbons (Fsp3) is 0.400. The number of hydrogen-bond acceptors (Lipinski definition) is 4. The highest BCUT2D eigenvalue weighted by atomic mass is 19.4. The number of ether oxygens (including phenoxy) is 1. The quantitative estimate of drug-likeness (QED) is 0.866. The van der Waals surface area contributed by atoms with Crippen LogP contribution >= 0.6 is 0 Å². The molecule has 0 bridgehead atoms. The molecule has 7 heteroatoms. The number of nitrogens with two attached hydrogens (primary N) is 1. The van der Waals surface area contributed by atoms with Crippen LogP contribution < -0.4 is 10.6 Å². The summed E-state index contributed by atoms with van der Waals surface area (Å²) >= 11 is 0. The van der Waals surface area contributed by atoms with Gasteiger partial charge in [-0.25, -0.2) is 0 Å². The van der Waals surface area contributed by atoms with E-state index in [1.165, 1.54) is 30.0 Å². The number of benzene rings is 1.